The van der Waals surface area contributed by atoms with Gasteiger partial charge in [0.25, 0.3) is 0 Å². The number of benzene rings is 11. The fourth-order valence-electron chi connectivity index (χ4n) is 12.5. The third kappa shape index (κ3) is 6.15. The summed E-state index contributed by atoms with van der Waals surface area (Å²) in [7, 11) is 0. The quantitative estimate of drug-likeness (QED) is 0.149. The maximum atomic E-state index is 7.02. The van der Waals surface area contributed by atoms with Gasteiger partial charge < -0.3 is 14.2 Å². The van der Waals surface area contributed by atoms with Crippen molar-refractivity contribution >= 4 is 77.6 Å². The molecular formula is C68H50N2O. The number of hydrogen-bond acceptors (Lipinski definition) is 3. The molecule has 3 heteroatoms. The van der Waals surface area contributed by atoms with Gasteiger partial charge in [0.15, 0.2) is 0 Å². The second-order valence-electron chi connectivity index (χ2n) is 20.5. The second kappa shape index (κ2) is 15.4. The average molecular weight is 911 g/mol. The summed E-state index contributed by atoms with van der Waals surface area (Å²) in [5, 5.41) is 7.13. The predicted molar refractivity (Wildman–Crippen MR) is 299 cm³/mol. The Labute approximate surface area is 414 Å². The SMILES string of the molecule is CC1(C)c2ccccc2-c2ccc(N(c3cccc4c3C(C)(C)c3ccccc3-4)c3cccc4oc5cccc(N(c6ccccc6)c6cccc(-c7ccc8c(ccc9ccccc98)c7)c6)c5c34)cc21. The molecule has 0 aliphatic heterocycles. The summed E-state index contributed by atoms with van der Waals surface area (Å²) < 4.78 is 7.02. The van der Waals surface area contributed by atoms with E-state index in [-0.39, 0.29) is 10.8 Å². The van der Waals surface area contributed by atoms with E-state index in [4.69, 9.17) is 4.42 Å². The van der Waals surface area contributed by atoms with Crippen LogP contribution in [0.15, 0.2) is 235 Å². The summed E-state index contributed by atoms with van der Waals surface area (Å²) in [6.45, 7) is 9.52. The molecule has 14 rings (SSSR count). The number of anilines is 6. The van der Waals surface area contributed by atoms with Crippen LogP contribution in [0, 0.1) is 0 Å². The fraction of sp³-hybridized carbons (Fsp3) is 0.0882. The lowest BCUT2D eigenvalue weighted by Crippen LogP contribution is -2.21. The van der Waals surface area contributed by atoms with E-state index in [9.17, 15) is 0 Å². The highest BCUT2D eigenvalue weighted by atomic mass is 16.3. The molecule has 1 aromatic heterocycles. The van der Waals surface area contributed by atoms with E-state index >= 15 is 0 Å². The van der Waals surface area contributed by atoms with Gasteiger partial charge in [0.1, 0.15) is 11.2 Å². The summed E-state index contributed by atoms with van der Waals surface area (Å²) in [6, 6.07) is 84.8. The largest absolute Gasteiger partial charge is 0.456 e. The molecular weight excluding hydrogens is 861 g/mol. The summed E-state index contributed by atoms with van der Waals surface area (Å²) in [5.41, 5.74) is 20.6. The highest BCUT2D eigenvalue weighted by Crippen LogP contribution is 2.57. The summed E-state index contributed by atoms with van der Waals surface area (Å²) >= 11 is 0. The lowest BCUT2D eigenvalue weighted by molar-refractivity contribution is 0.658. The van der Waals surface area contributed by atoms with Crippen molar-refractivity contribution < 1.29 is 4.42 Å². The summed E-state index contributed by atoms with van der Waals surface area (Å²) in [5.74, 6) is 0. The first-order valence-electron chi connectivity index (χ1n) is 24.8. The van der Waals surface area contributed by atoms with E-state index in [2.05, 4.69) is 268 Å². The zero-order chi connectivity index (χ0) is 47.6. The third-order valence-electron chi connectivity index (χ3n) is 15.8. The molecule has 2 aliphatic carbocycles. The van der Waals surface area contributed by atoms with Gasteiger partial charge in [-0.15, -0.1) is 0 Å². The van der Waals surface area contributed by atoms with Crippen LogP contribution in [0.25, 0.3) is 76.9 Å². The van der Waals surface area contributed by atoms with Gasteiger partial charge in [0.2, 0.25) is 0 Å². The molecule has 0 saturated heterocycles. The number of hydrogen-bond donors (Lipinski definition) is 0. The molecule has 0 N–H and O–H groups in total. The molecule has 3 nitrogen and oxygen atoms in total. The minimum atomic E-state index is -0.265. The highest BCUT2D eigenvalue weighted by Gasteiger charge is 2.40. The van der Waals surface area contributed by atoms with Gasteiger partial charge in [-0.1, -0.05) is 185 Å². The van der Waals surface area contributed by atoms with Crippen LogP contribution >= 0.6 is 0 Å². The minimum Gasteiger partial charge on any atom is -0.456 e. The van der Waals surface area contributed by atoms with Gasteiger partial charge in [-0.3, -0.25) is 0 Å². The van der Waals surface area contributed by atoms with Crippen LogP contribution in [0.2, 0.25) is 0 Å². The average Bonchev–Trinajstić information content (AvgIpc) is 4.00. The molecule has 11 aromatic carbocycles. The van der Waals surface area contributed by atoms with E-state index in [0.717, 1.165) is 61.6 Å². The Morgan fingerprint density at radius 2 is 0.873 bits per heavy atom. The predicted octanol–water partition coefficient (Wildman–Crippen LogP) is 19.1. The zero-order valence-corrected chi connectivity index (χ0v) is 40.2. The lowest BCUT2D eigenvalue weighted by atomic mass is 9.81. The molecule has 0 radical (unpaired) electrons. The van der Waals surface area contributed by atoms with Crippen LogP contribution in [0.4, 0.5) is 34.1 Å². The Morgan fingerprint density at radius 1 is 0.324 bits per heavy atom. The van der Waals surface area contributed by atoms with Gasteiger partial charge in [-0.2, -0.15) is 0 Å². The van der Waals surface area contributed by atoms with Gasteiger partial charge in [0.05, 0.1) is 27.8 Å². The Morgan fingerprint density at radius 3 is 1.66 bits per heavy atom. The van der Waals surface area contributed by atoms with E-state index < -0.39 is 0 Å². The maximum Gasteiger partial charge on any atom is 0.137 e. The zero-order valence-electron chi connectivity index (χ0n) is 40.2. The molecule has 2 aliphatic rings. The molecule has 71 heavy (non-hydrogen) atoms. The first-order chi connectivity index (χ1) is 34.7. The van der Waals surface area contributed by atoms with E-state index in [1.54, 1.807) is 0 Å². The van der Waals surface area contributed by atoms with Crippen LogP contribution < -0.4 is 9.80 Å². The van der Waals surface area contributed by atoms with Gasteiger partial charge in [0, 0.05) is 27.9 Å². The number of nitrogens with zero attached hydrogens (tertiary/aromatic N) is 2. The topological polar surface area (TPSA) is 19.6 Å². The molecule has 338 valence electrons. The van der Waals surface area contributed by atoms with Gasteiger partial charge in [-0.05, 0) is 150 Å². The Kier molecular flexibility index (Phi) is 8.98. The van der Waals surface area contributed by atoms with Crippen LogP contribution in [0.1, 0.15) is 49.9 Å². The van der Waals surface area contributed by atoms with Gasteiger partial charge >= 0.3 is 0 Å². The van der Waals surface area contributed by atoms with Crippen LogP contribution in [-0.4, -0.2) is 0 Å². The molecule has 12 aromatic rings. The molecule has 1 heterocycles. The van der Waals surface area contributed by atoms with Crippen LogP contribution in [0.5, 0.6) is 0 Å². The molecule has 0 atom stereocenters. The Hall–Kier alpha value is -8.66. The first-order valence-corrected chi connectivity index (χ1v) is 24.8. The van der Waals surface area contributed by atoms with Crippen molar-refractivity contribution in [2.45, 2.75) is 38.5 Å². The molecule has 0 spiro atoms. The number of para-hydroxylation sites is 1. The molecule has 0 saturated carbocycles. The van der Waals surface area contributed by atoms with Crippen molar-refractivity contribution in [1.82, 2.24) is 0 Å². The normalized spacial score (nSPS) is 13.9. The van der Waals surface area contributed by atoms with Gasteiger partial charge in [-0.25, -0.2) is 0 Å². The second-order valence-corrected chi connectivity index (χ2v) is 20.5. The van der Waals surface area contributed by atoms with E-state index in [1.165, 1.54) is 71.6 Å². The summed E-state index contributed by atoms with van der Waals surface area (Å²) in [4.78, 5) is 4.95. The maximum absolute atomic E-state index is 7.02. The van der Waals surface area contributed by atoms with Crippen molar-refractivity contribution in [1.29, 1.82) is 0 Å². The Balaban J connectivity index is 1.00. The molecule has 0 bridgehead atoms. The third-order valence-corrected chi connectivity index (χ3v) is 15.8. The number of furan rings is 1. The summed E-state index contributed by atoms with van der Waals surface area (Å²) in [6.07, 6.45) is 0. The molecule has 0 fully saturated rings. The highest BCUT2D eigenvalue weighted by molar-refractivity contribution is 6.19. The minimum absolute atomic E-state index is 0.185. The fourth-order valence-corrected chi connectivity index (χ4v) is 12.5. The van der Waals surface area contributed by atoms with Crippen molar-refractivity contribution in [2.24, 2.45) is 0 Å². The number of rotatable bonds is 7. The Bertz CT molecular complexity index is 4140. The van der Waals surface area contributed by atoms with Crippen LogP contribution in [0.3, 0.4) is 0 Å². The molecule has 0 amide bonds. The van der Waals surface area contributed by atoms with E-state index in [1.807, 2.05) is 0 Å². The van der Waals surface area contributed by atoms with Crippen molar-refractivity contribution in [3.05, 3.63) is 253 Å². The lowest BCUT2D eigenvalue weighted by Gasteiger charge is -2.33. The smallest absolute Gasteiger partial charge is 0.137 e. The van der Waals surface area contributed by atoms with Crippen molar-refractivity contribution in [2.75, 3.05) is 9.80 Å². The van der Waals surface area contributed by atoms with Crippen LogP contribution in [-0.2, 0) is 10.8 Å². The standard InChI is InChI=1S/C68H50N2O/c1-67(2)56-27-12-10-24-52(56)54-39-37-49(42-58(54)67)70(61-31-15-26-55-53-25-11-13-28-57(53)68(3,4)66(55)61)60-30-17-33-63-65(60)64-59(29-16-32-62(64)71-63)69(47-20-6-5-7-21-47)48-22-14-19-44(41-48)45-36-38-51-46(40-45)35-34-43-18-8-9-23-50(43)51/h5-42H,1-4H3. The van der Waals surface area contributed by atoms with Crippen molar-refractivity contribution in [3.63, 3.8) is 0 Å². The van der Waals surface area contributed by atoms with E-state index in [0.29, 0.717) is 0 Å². The number of fused-ring (bicyclic) bond motifs is 12. The van der Waals surface area contributed by atoms with Crippen molar-refractivity contribution in [3.8, 4) is 33.4 Å². The molecule has 0 unspecified atom stereocenters. The first kappa shape index (κ1) is 41.3. The monoisotopic (exact) mass is 910 g/mol.